The van der Waals surface area contributed by atoms with E-state index < -0.39 is 0 Å². The zero-order valence-corrected chi connectivity index (χ0v) is 13.1. The van der Waals surface area contributed by atoms with Crippen molar-refractivity contribution in [3.8, 4) is 0 Å². The topological polar surface area (TPSA) is 31.2 Å². The Labute approximate surface area is 131 Å². The minimum atomic E-state index is -0.311. The van der Waals surface area contributed by atoms with Crippen LogP contribution >= 0.6 is 15.9 Å². The molecule has 0 spiro atoms. The maximum atomic E-state index is 12.2. The number of aromatic nitrogens is 1. The zero-order chi connectivity index (χ0) is 14.8. The summed E-state index contributed by atoms with van der Waals surface area (Å²) in [6.07, 6.45) is 0. The molecule has 0 aliphatic heterocycles. The molecule has 0 N–H and O–H groups in total. The SMILES string of the molecule is Cn1c(C(=O)OCc2ccccc2)cc2ccc(Br)cc21. The number of carbonyl (C=O) groups is 1. The number of fused-ring (bicyclic) bond motifs is 1. The lowest BCUT2D eigenvalue weighted by Crippen LogP contribution is -2.09. The van der Waals surface area contributed by atoms with Crippen LogP contribution in [-0.2, 0) is 18.4 Å². The lowest BCUT2D eigenvalue weighted by molar-refractivity contribution is 0.0462. The van der Waals surface area contributed by atoms with Crippen molar-refractivity contribution in [1.29, 1.82) is 0 Å². The van der Waals surface area contributed by atoms with E-state index in [1.165, 1.54) is 0 Å². The van der Waals surface area contributed by atoms with Gasteiger partial charge in [0.15, 0.2) is 0 Å². The third-order valence-electron chi connectivity index (χ3n) is 3.43. The van der Waals surface area contributed by atoms with Crippen LogP contribution in [0, 0.1) is 0 Å². The summed E-state index contributed by atoms with van der Waals surface area (Å²) in [5.74, 6) is -0.311. The summed E-state index contributed by atoms with van der Waals surface area (Å²) in [6, 6.07) is 17.5. The summed E-state index contributed by atoms with van der Waals surface area (Å²) >= 11 is 3.44. The van der Waals surface area contributed by atoms with Crippen molar-refractivity contribution in [3.63, 3.8) is 0 Å². The number of carbonyl (C=O) groups excluding carboxylic acids is 1. The van der Waals surface area contributed by atoms with Crippen molar-refractivity contribution in [2.45, 2.75) is 6.61 Å². The van der Waals surface area contributed by atoms with E-state index in [1.54, 1.807) is 0 Å². The molecule has 0 saturated carbocycles. The number of hydrogen-bond donors (Lipinski definition) is 0. The Morgan fingerprint density at radius 2 is 1.90 bits per heavy atom. The van der Waals surface area contributed by atoms with Crippen molar-refractivity contribution in [2.24, 2.45) is 7.05 Å². The normalized spacial score (nSPS) is 10.8. The van der Waals surface area contributed by atoms with Crippen LogP contribution in [0.5, 0.6) is 0 Å². The van der Waals surface area contributed by atoms with Crippen LogP contribution in [0.15, 0.2) is 59.1 Å². The third-order valence-corrected chi connectivity index (χ3v) is 3.92. The first-order valence-electron chi connectivity index (χ1n) is 6.61. The Hall–Kier alpha value is -2.07. The molecule has 0 aliphatic rings. The maximum Gasteiger partial charge on any atom is 0.355 e. The number of benzene rings is 2. The van der Waals surface area contributed by atoms with Crippen LogP contribution < -0.4 is 0 Å². The fourth-order valence-corrected chi connectivity index (χ4v) is 2.65. The molecule has 3 rings (SSSR count). The summed E-state index contributed by atoms with van der Waals surface area (Å²) in [5, 5.41) is 1.02. The highest BCUT2D eigenvalue weighted by atomic mass is 79.9. The molecule has 106 valence electrons. The monoisotopic (exact) mass is 343 g/mol. The maximum absolute atomic E-state index is 12.2. The Morgan fingerprint density at radius 1 is 1.14 bits per heavy atom. The van der Waals surface area contributed by atoms with Crippen LogP contribution in [0.2, 0.25) is 0 Å². The van der Waals surface area contributed by atoms with E-state index in [0.29, 0.717) is 5.69 Å². The highest BCUT2D eigenvalue weighted by Gasteiger charge is 2.14. The van der Waals surface area contributed by atoms with Gasteiger partial charge >= 0.3 is 5.97 Å². The third kappa shape index (κ3) is 2.85. The summed E-state index contributed by atoms with van der Waals surface area (Å²) in [6.45, 7) is 0.283. The van der Waals surface area contributed by atoms with Crippen LogP contribution in [-0.4, -0.2) is 10.5 Å². The van der Waals surface area contributed by atoms with E-state index in [4.69, 9.17) is 4.74 Å². The minimum Gasteiger partial charge on any atom is -0.456 e. The molecule has 3 nitrogen and oxygen atoms in total. The first kappa shape index (κ1) is 13.9. The van der Waals surface area contributed by atoms with Crippen molar-refractivity contribution in [2.75, 3.05) is 0 Å². The van der Waals surface area contributed by atoms with E-state index in [9.17, 15) is 4.79 Å². The van der Waals surface area contributed by atoms with E-state index in [2.05, 4.69) is 15.9 Å². The predicted octanol–water partition coefficient (Wildman–Crippen LogP) is 4.30. The number of ether oxygens (including phenoxy) is 1. The van der Waals surface area contributed by atoms with Crippen LogP contribution in [0.4, 0.5) is 0 Å². The molecule has 1 aromatic heterocycles. The fourth-order valence-electron chi connectivity index (χ4n) is 2.30. The number of nitrogens with zero attached hydrogens (tertiary/aromatic N) is 1. The molecule has 0 amide bonds. The zero-order valence-electron chi connectivity index (χ0n) is 11.5. The molecule has 2 aromatic carbocycles. The molecule has 1 heterocycles. The largest absolute Gasteiger partial charge is 0.456 e. The molecule has 3 aromatic rings. The van der Waals surface area contributed by atoms with Gasteiger partial charge in [0.1, 0.15) is 12.3 Å². The second kappa shape index (κ2) is 5.74. The molecule has 0 aliphatic carbocycles. The Morgan fingerprint density at radius 3 is 2.67 bits per heavy atom. The number of aryl methyl sites for hydroxylation is 1. The second-order valence-electron chi connectivity index (χ2n) is 4.85. The lowest BCUT2D eigenvalue weighted by Gasteiger charge is -2.06. The molecule has 0 unspecified atom stereocenters. The van der Waals surface area contributed by atoms with Gasteiger partial charge in [-0.1, -0.05) is 52.3 Å². The van der Waals surface area contributed by atoms with Crippen molar-refractivity contribution >= 4 is 32.8 Å². The average molecular weight is 344 g/mol. The van der Waals surface area contributed by atoms with E-state index in [-0.39, 0.29) is 12.6 Å². The Balaban J connectivity index is 1.83. The molecular formula is C17H14BrNO2. The van der Waals surface area contributed by atoms with Crippen LogP contribution in [0.1, 0.15) is 16.1 Å². The minimum absolute atomic E-state index is 0.283. The Kier molecular flexibility index (Phi) is 3.80. The first-order valence-corrected chi connectivity index (χ1v) is 7.40. The van der Waals surface area contributed by atoms with Gasteiger partial charge in [-0.25, -0.2) is 4.79 Å². The van der Waals surface area contributed by atoms with Gasteiger partial charge in [-0.2, -0.15) is 0 Å². The van der Waals surface area contributed by atoms with Crippen LogP contribution in [0.25, 0.3) is 10.9 Å². The second-order valence-corrected chi connectivity index (χ2v) is 5.77. The molecule has 0 radical (unpaired) electrons. The Bertz CT molecular complexity index is 793. The first-order chi connectivity index (χ1) is 10.1. The van der Waals surface area contributed by atoms with Crippen molar-refractivity contribution in [1.82, 2.24) is 4.57 Å². The quantitative estimate of drug-likeness (QED) is 0.664. The number of esters is 1. The van der Waals surface area contributed by atoms with Gasteiger partial charge in [-0.15, -0.1) is 0 Å². The molecule has 21 heavy (non-hydrogen) atoms. The lowest BCUT2D eigenvalue weighted by atomic mass is 10.2. The fraction of sp³-hybridized carbons (Fsp3) is 0.118. The number of hydrogen-bond acceptors (Lipinski definition) is 2. The van der Waals surface area contributed by atoms with Crippen molar-refractivity contribution < 1.29 is 9.53 Å². The summed E-state index contributed by atoms with van der Waals surface area (Å²) in [5.41, 5.74) is 2.53. The average Bonchev–Trinajstić information content (AvgIpc) is 2.83. The van der Waals surface area contributed by atoms with Gasteiger partial charge in [-0.05, 0) is 23.8 Å². The molecule has 4 heteroatoms. The van der Waals surface area contributed by atoms with Crippen LogP contribution in [0.3, 0.4) is 0 Å². The van der Waals surface area contributed by atoms with E-state index >= 15 is 0 Å². The smallest absolute Gasteiger partial charge is 0.355 e. The standard InChI is InChI=1S/C17H14BrNO2/c1-19-15-10-14(18)8-7-13(15)9-16(19)17(20)21-11-12-5-3-2-4-6-12/h2-10H,11H2,1H3. The van der Waals surface area contributed by atoms with Crippen molar-refractivity contribution in [3.05, 3.63) is 70.3 Å². The van der Waals surface area contributed by atoms with E-state index in [0.717, 1.165) is 20.9 Å². The molecule has 0 atom stereocenters. The highest BCUT2D eigenvalue weighted by molar-refractivity contribution is 9.10. The molecule has 0 fully saturated rings. The molecule has 0 saturated heterocycles. The summed E-state index contributed by atoms with van der Waals surface area (Å²) in [4.78, 5) is 12.2. The summed E-state index contributed by atoms with van der Waals surface area (Å²) < 4.78 is 8.22. The van der Waals surface area contributed by atoms with Gasteiger partial charge in [0.05, 0.1) is 0 Å². The number of rotatable bonds is 3. The van der Waals surface area contributed by atoms with Gasteiger partial charge in [-0.3, -0.25) is 0 Å². The highest BCUT2D eigenvalue weighted by Crippen LogP contribution is 2.23. The van der Waals surface area contributed by atoms with Gasteiger partial charge < -0.3 is 9.30 Å². The predicted molar refractivity (Wildman–Crippen MR) is 86.2 cm³/mol. The van der Waals surface area contributed by atoms with E-state index in [1.807, 2.05) is 66.2 Å². The van der Waals surface area contributed by atoms with Gasteiger partial charge in [0.2, 0.25) is 0 Å². The molecule has 0 bridgehead atoms. The summed E-state index contributed by atoms with van der Waals surface area (Å²) in [7, 11) is 1.87. The van der Waals surface area contributed by atoms with Gasteiger partial charge in [0.25, 0.3) is 0 Å². The number of halogens is 1. The van der Waals surface area contributed by atoms with Gasteiger partial charge in [0, 0.05) is 22.4 Å². The molecular weight excluding hydrogens is 330 g/mol.